The molecule has 0 aromatic carbocycles. The highest BCUT2D eigenvalue weighted by Gasteiger charge is 2.27. The van der Waals surface area contributed by atoms with Gasteiger partial charge in [0.1, 0.15) is 0 Å². The summed E-state index contributed by atoms with van der Waals surface area (Å²) in [6, 6.07) is 0.394. The highest BCUT2D eigenvalue weighted by molar-refractivity contribution is 7.99. The molecule has 0 unspecified atom stereocenters. The van der Waals surface area contributed by atoms with Gasteiger partial charge in [0, 0.05) is 19.3 Å². The molecule has 1 aliphatic heterocycles. The molecule has 0 N–H and O–H groups in total. The van der Waals surface area contributed by atoms with Crippen LogP contribution in [0.5, 0.6) is 0 Å². The summed E-state index contributed by atoms with van der Waals surface area (Å²) in [6.45, 7) is 3.74. The van der Waals surface area contributed by atoms with Crippen LogP contribution in [0.3, 0.4) is 0 Å². The Balaban J connectivity index is 1.88. The normalized spacial score (nSPS) is 18.9. The summed E-state index contributed by atoms with van der Waals surface area (Å²) in [5.41, 5.74) is 0. The molecule has 1 fully saturated rings. The first-order valence-electron chi connectivity index (χ1n) is 6.43. The predicted octanol–water partition coefficient (Wildman–Crippen LogP) is 1.58. The van der Waals surface area contributed by atoms with Gasteiger partial charge < -0.3 is 4.90 Å². The summed E-state index contributed by atoms with van der Waals surface area (Å²) in [7, 11) is 0. The summed E-state index contributed by atoms with van der Waals surface area (Å²) in [5.74, 6) is 0.294. The average Bonchev–Trinajstić information content (AvgIpc) is 2.94. The molecule has 1 saturated heterocycles. The van der Waals surface area contributed by atoms with Crippen LogP contribution in [0.25, 0.3) is 0 Å². The van der Waals surface area contributed by atoms with Crippen LogP contribution in [-0.2, 0) is 4.79 Å². The Morgan fingerprint density at radius 3 is 2.72 bits per heavy atom. The van der Waals surface area contributed by atoms with Gasteiger partial charge in [0.15, 0.2) is 0 Å². The largest absolute Gasteiger partial charge is 0.342 e. The fourth-order valence-corrected chi connectivity index (χ4v) is 3.09. The van der Waals surface area contributed by atoms with Crippen LogP contribution in [0.2, 0.25) is 0 Å². The standard InChI is InChI=1S/C12H20N4OS/c1-3-11(18-2)12(17)15-7-4-10(5-8-15)16-9-6-13-14-16/h6,9-11H,3-5,7-8H2,1-2H3/t11-/m1/s1. The highest BCUT2D eigenvalue weighted by atomic mass is 32.2. The van der Waals surface area contributed by atoms with Crippen LogP contribution in [0, 0.1) is 0 Å². The van der Waals surface area contributed by atoms with Crippen molar-refractivity contribution >= 4 is 17.7 Å². The third-order valence-corrected chi connectivity index (χ3v) is 4.63. The molecule has 18 heavy (non-hydrogen) atoms. The van der Waals surface area contributed by atoms with Crippen LogP contribution in [0.1, 0.15) is 32.2 Å². The van der Waals surface area contributed by atoms with Crippen LogP contribution >= 0.6 is 11.8 Å². The molecule has 1 aromatic heterocycles. The minimum Gasteiger partial charge on any atom is -0.342 e. The number of amides is 1. The van der Waals surface area contributed by atoms with Crippen molar-refractivity contribution in [1.29, 1.82) is 0 Å². The molecule has 0 bridgehead atoms. The summed E-state index contributed by atoms with van der Waals surface area (Å²) in [4.78, 5) is 14.2. The number of thioether (sulfide) groups is 1. The van der Waals surface area contributed by atoms with E-state index in [9.17, 15) is 4.79 Å². The maximum atomic E-state index is 12.2. The van der Waals surface area contributed by atoms with Gasteiger partial charge in [-0.2, -0.15) is 11.8 Å². The van der Waals surface area contributed by atoms with Gasteiger partial charge in [-0.15, -0.1) is 5.10 Å². The molecule has 100 valence electrons. The van der Waals surface area contributed by atoms with Gasteiger partial charge in [-0.05, 0) is 25.5 Å². The van der Waals surface area contributed by atoms with Gasteiger partial charge in [-0.25, -0.2) is 4.68 Å². The lowest BCUT2D eigenvalue weighted by molar-refractivity contribution is -0.132. The van der Waals surface area contributed by atoms with E-state index in [1.807, 2.05) is 22.0 Å². The van der Waals surface area contributed by atoms with E-state index in [0.717, 1.165) is 32.4 Å². The lowest BCUT2D eigenvalue weighted by atomic mass is 10.0. The van der Waals surface area contributed by atoms with Crippen molar-refractivity contribution in [2.24, 2.45) is 0 Å². The molecule has 2 heterocycles. The molecule has 1 aliphatic rings. The van der Waals surface area contributed by atoms with E-state index in [2.05, 4.69) is 17.2 Å². The second-order valence-electron chi connectivity index (χ2n) is 4.57. The zero-order chi connectivity index (χ0) is 13.0. The first-order chi connectivity index (χ1) is 8.76. The summed E-state index contributed by atoms with van der Waals surface area (Å²) in [6.07, 6.45) is 8.47. The van der Waals surface area contributed by atoms with Crippen molar-refractivity contribution < 1.29 is 4.79 Å². The highest BCUT2D eigenvalue weighted by Crippen LogP contribution is 2.23. The fraction of sp³-hybridized carbons (Fsp3) is 0.750. The van der Waals surface area contributed by atoms with Crippen molar-refractivity contribution in [2.75, 3.05) is 19.3 Å². The topological polar surface area (TPSA) is 51.0 Å². The van der Waals surface area contributed by atoms with E-state index < -0.39 is 0 Å². The third-order valence-electron chi connectivity index (χ3n) is 3.52. The predicted molar refractivity (Wildman–Crippen MR) is 72.5 cm³/mol. The molecule has 0 saturated carbocycles. The van der Waals surface area contributed by atoms with Crippen molar-refractivity contribution in [2.45, 2.75) is 37.5 Å². The van der Waals surface area contributed by atoms with Crippen molar-refractivity contribution in [3.8, 4) is 0 Å². The number of rotatable bonds is 4. The molecule has 1 amide bonds. The molecule has 6 heteroatoms. The van der Waals surface area contributed by atoms with Crippen LogP contribution in [0.4, 0.5) is 0 Å². The second-order valence-corrected chi connectivity index (χ2v) is 5.61. The van der Waals surface area contributed by atoms with Crippen molar-refractivity contribution in [1.82, 2.24) is 19.9 Å². The Hall–Kier alpha value is -1.04. The number of likely N-dealkylation sites (tertiary alicyclic amines) is 1. The maximum absolute atomic E-state index is 12.2. The first-order valence-corrected chi connectivity index (χ1v) is 7.72. The summed E-state index contributed by atoms with van der Waals surface area (Å²) in [5, 5.41) is 7.99. The Labute approximate surface area is 112 Å². The molecule has 0 aliphatic carbocycles. The number of hydrogen-bond acceptors (Lipinski definition) is 4. The molecule has 1 atom stereocenters. The van der Waals surface area contributed by atoms with Gasteiger partial charge in [-0.3, -0.25) is 4.79 Å². The third kappa shape index (κ3) is 2.85. The van der Waals surface area contributed by atoms with Crippen molar-refractivity contribution in [3.05, 3.63) is 12.4 Å². The maximum Gasteiger partial charge on any atom is 0.235 e. The summed E-state index contributed by atoms with van der Waals surface area (Å²) >= 11 is 1.65. The zero-order valence-electron chi connectivity index (χ0n) is 11.0. The van der Waals surface area contributed by atoms with Crippen LogP contribution in [0.15, 0.2) is 12.4 Å². The Kier molecular flexibility index (Phi) is 4.63. The van der Waals surface area contributed by atoms with Crippen LogP contribution in [-0.4, -0.2) is 50.4 Å². The molecular formula is C12H20N4OS. The molecule has 2 rings (SSSR count). The zero-order valence-corrected chi connectivity index (χ0v) is 11.8. The van der Waals surface area contributed by atoms with E-state index in [-0.39, 0.29) is 5.25 Å². The van der Waals surface area contributed by atoms with Gasteiger partial charge in [0.25, 0.3) is 0 Å². The number of nitrogens with zero attached hydrogens (tertiary/aromatic N) is 4. The SMILES string of the molecule is CC[C@@H](SC)C(=O)N1CCC(n2ccnn2)CC1. The molecule has 5 nitrogen and oxygen atoms in total. The summed E-state index contributed by atoms with van der Waals surface area (Å²) < 4.78 is 1.91. The number of aromatic nitrogens is 3. The van der Waals surface area contributed by atoms with E-state index in [1.165, 1.54) is 0 Å². The van der Waals surface area contributed by atoms with E-state index >= 15 is 0 Å². The van der Waals surface area contributed by atoms with E-state index in [0.29, 0.717) is 11.9 Å². The number of piperidine rings is 1. The Morgan fingerprint density at radius 2 is 2.22 bits per heavy atom. The van der Waals surface area contributed by atoms with Crippen molar-refractivity contribution in [3.63, 3.8) is 0 Å². The molecule has 1 aromatic rings. The number of carbonyl (C=O) groups is 1. The monoisotopic (exact) mass is 268 g/mol. The van der Waals surface area contributed by atoms with Crippen LogP contribution < -0.4 is 0 Å². The Bertz CT molecular complexity index is 369. The number of carbonyl (C=O) groups excluding carboxylic acids is 1. The molecule has 0 radical (unpaired) electrons. The molecular weight excluding hydrogens is 248 g/mol. The minimum absolute atomic E-state index is 0.118. The van der Waals surface area contributed by atoms with E-state index in [1.54, 1.807) is 18.0 Å². The lowest BCUT2D eigenvalue weighted by Crippen LogP contribution is -2.43. The molecule has 0 spiro atoms. The van der Waals surface area contributed by atoms with E-state index in [4.69, 9.17) is 0 Å². The smallest absolute Gasteiger partial charge is 0.235 e. The van der Waals surface area contributed by atoms with Gasteiger partial charge >= 0.3 is 0 Å². The lowest BCUT2D eigenvalue weighted by Gasteiger charge is -2.33. The van der Waals surface area contributed by atoms with Gasteiger partial charge in [0.2, 0.25) is 5.91 Å². The second kappa shape index (κ2) is 6.22. The quantitative estimate of drug-likeness (QED) is 0.832. The fourth-order valence-electron chi connectivity index (χ4n) is 2.41. The van der Waals surface area contributed by atoms with Gasteiger partial charge in [-0.1, -0.05) is 12.1 Å². The number of hydrogen-bond donors (Lipinski definition) is 0. The minimum atomic E-state index is 0.118. The first kappa shape index (κ1) is 13.4. The van der Waals surface area contributed by atoms with Gasteiger partial charge in [0.05, 0.1) is 17.5 Å². The average molecular weight is 268 g/mol. The Morgan fingerprint density at radius 1 is 1.50 bits per heavy atom.